The van der Waals surface area contributed by atoms with Crippen LogP contribution in [0.25, 0.3) is 0 Å². The first-order valence-electron chi connectivity index (χ1n) is 6.95. The zero-order valence-electron chi connectivity index (χ0n) is 12.9. The highest BCUT2D eigenvalue weighted by Gasteiger charge is 2.30. The molecule has 1 aromatic carbocycles. The molecule has 2 rings (SSSR count). The molecular formula is C16H13F3N2O4. The summed E-state index contributed by atoms with van der Waals surface area (Å²) in [6, 6.07) is 7.70. The van der Waals surface area contributed by atoms with Crippen molar-refractivity contribution >= 4 is 11.9 Å². The fourth-order valence-corrected chi connectivity index (χ4v) is 2.01. The van der Waals surface area contributed by atoms with Crippen LogP contribution in [-0.4, -0.2) is 40.3 Å². The summed E-state index contributed by atoms with van der Waals surface area (Å²) in [5, 5.41) is 8.77. The molecule has 0 atom stereocenters. The molecule has 0 unspecified atom stereocenters. The van der Waals surface area contributed by atoms with Gasteiger partial charge in [0.05, 0.1) is 5.56 Å². The van der Waals surface area contributed by atoms with Crippen molar-refractivity contribution in [3.05, 3.63) is 59.4 Å². The predicted octanol–water partition coefficient (Wildman–Crippen LogP) is 2.95. The van der Waals surface area contributed by atoms with E-state index in [-0.39, 0.29) is 23.6 Å². The number of carbonyl (C=O) groups is 2. The largest absolute Gasteiger partial charge is 0.573 e. The molecule has 6 nitrogen and oxygen atoms in total. The minimum atomic E-state index is -4.76. The van der Waals surface area contributed by atoms with E-state index in [2.05, 4.69) is 9.72 Å². The van der Waals surface area contributed by atoms with Crippen LogP contribution in [0.15, 0.2) is 42.6 Å². The molecule has 0 saturated heterocycles. The Kier molecular flexibility index (Phi) is 5.26. The number of aromatic nitrogens is 1. The molecule has 132 valence electrons. The van der Waals surface area contributed by atoms with Gasteiger partial charge < -0.3 is 14.7 Å². The zero-order valence-corrected chi connectivity index (χ0v) is 12.9. The van der Waals surface area contributed by atoms with Gasteiger partial charge in [0.25, 0.3) is 5.91 Å². The van der Waals surface area contributed by atoms with Gasteiger partial charge in [0.1, 0.15) is 11.4 Å². The van der Waals surface area contributed by atoms with Gasteiger partial charge in [-0.3, -0.25) is 4.79 Å². The lowest BCUT2D eigenvalue weighted by Gasteiger charge is -2.17. The quantitative estimate of drug-likeness (QED) is 0.893. The number of amides is 1. The lowest BCUT2D eigenvalue weighted by molar-refractivity contribution is -0.274. The lowest BCUT2D eigenvalue weighted by Crippen LogP contribution is -2.26. The standard InChI is InChI=1S/C16H13F3N2O4/c1-21(14(22)11-4-7-13(15(23)24)20-8-11)9-10-2-5-12(6-3-10)25-16(17,18)19/h2-8H,9H2,1H3,(H,23,24). The Bertz CT molecular complexity index is 758. The van der Waals surface area contributed by atoms with Crippen LogP contribution in [0, 0.1) is 0 Å². The Balaban J connectivity index is 2.02. The number of carboxylic acids is 1. The Hall–Kier alpha value is -3.10. The van der Waals surface area contributed by atoms with Crippen molar-refractivity contribution in [2.75, 3.05) is 7.05 Å². The van der Waals surface area contributed by atoms with Gasteiger partial charge in [-0.15, -0.1) is 13.2 Å². The van der Waals surface area contributed by atoms with Crippen molar-refractivity contribution in [2.45, 2.75) is 12.9 Å². The summed E-state index contributed by atoms with van der Waals surface area (Å²) in [6.07, 6.45) is -3.61. The average molecular weight is 354 g/mol. The molecule has 2 aromatic rings. The third kappa shape index (κ3) is 5.20. The SMILES string of the molecule is CN(Cc1ccc(OC(F)(F)F)cc1)C(=O)c1ccc(C(=O)O)nc1. The second-order valence-electron chi connectivity index (χ2n) is 5.09. The first-order valence-corrected chi connectivity index (χ1v) is 6.95. The highest BCUT2D eigenvalue weighted by molar-refractivity contribution is 5.94. The first kappa shape index (κ1) is 18.2. The van der Waals surface area contributed by atoms with E-state index in [1.54, 1.807) is 0 Å². The number of aromatic carboxylic acids is 1. The maximum Gasteiger partial charge on any atom is 0.573 e. The van der Waals surface area contributed by atoms with Crippen molar-refractivity contribution in [2.24, 2.45) is 0 Å². The monoisotopic (exact) mass is 354 g/mol. The third-order valence-electron chi connectivity index (χ3n) is 3.15. The fraction of sp³-hybridized carbons (Fsp3) is 0.188. The summed E-state index contributed by atoms with van der Waals surface area (Å²) in [4.78, 5) is 28.0. The minimum absolute atomic E-state index is 0.145. The fourth-order valence-electron chi connectivity index (χ4n) is 2.01. The Morgan fingerprint density at radius 1 is 1.16 bits per heavy atom. The van der Waals surface area contributed by atoms with Crippen molar-refractivity contribution in [1.82, 2.24) is 9.88 Å². The molecule has 0 spiro atoms. The number of ether oxygens (including phenoxy) is 1. The third-order valence-corrected chi connectivity index (χ3v) is 3.15. The number of rotatable bonds is 5. The normalized spacial score (nSPS) is 11.0. The van der Waals surface area contributed by atoms with Crippen LogP contribution in [0.3, 0.4) is 0 Å². The molecule has 1 aromatic heterocycles. The van der Waals surface area contributed by atoms with E-state index in [9.17, 15) is 22.8 Å². The first-order chi connectivity index (χ1) is 11.7. The van der Waals surface area contributed by atoms with E-state index in [4.69, 9.17) is 5.11 Å². The van der Waals surface area contributed by atoms with E-state index < -0.39 is 18.2 Å². The van der Waals surface area contributed by atoms with Crippen molar-refractivity contribution in [1.29, 1.82) is 0 Å². The van der Waals surface area contributed by atoms with Crippen LogP contribution in [0.4, 0.5) is 13.2 Å². The van der Waals surface area contributed by atoms with E-state index in [1.165, 1.54) is 36.2 Å². The Morgan fingerprint density at radius 2 is 1.80 bits per heavy atom. The van der Waals surface area contributed by atoms with Crippen LogP contribution >= 0.6 is 0 Å². The number of carboxylic acid groups (broad SMARTS) is 1. The molecule has 0 fully saturated rings. The molecule has 1 N–H and O–H groups in total. The van der Waals surface area contributed by atoms with Crippen molar-refractivity contribution < 1.29 is 32.6 Å². The summed E-state index contributed by atoms with van der Waals surface area (Å²) < 4.78 is 40.1. The highest BCUT2D eigenvalue weighted by Crippen LogP contribution is 2.23. The molecule has 1 amide bonds. The number of benzene rings is 1. The van der Waals surface area contributed by atoms with Crippen LogP contribution < -0.4 is 4.74 Å². The molecule has 9 heteroatoms. The number of pyridine rings is 1. The van der Waals surface area contributed by atoms with E-state index in [1.807, 2.05) is 0 Å². The van der Waals surface area contributed by atoms with Crippen LogP contribution in [0.1, 0.15) is 26.4 Å². The van der Waals surface area contributed by atoms with Crippen molar-refractivity contribution in [3.63, 3.8) is 0 Å². The van der Waals surface area contributed by atoms with E-state index in [0.29, 0.717) is 5.56 Å². The summed E-state index contributed by atoms with van der Waals surface area (Å²) in [5.41, 5.74) is 0.615. The van der Waals surface area contributed by atoms with Crippen LogP contribution in [0.2, 0.25) is 0 Å². The Labute approximate surface area is 140 Å². The van der Waals surface area contributed by atoms with E-state index in [0.717, 1.165) is 18.3 Å². The maximum absolute atomic E-state index is 12.2. The van der Waals surface area contributed by atoms with Gasteiger partial charge in [-0.1, -0.05) is 12.1 Å². The second kappa shape index (κ2) is 7.20. The van der Waals surface area contributed by atoms with Crippen LogP contribution in [-0.2, 0) is 6.54 Å². The number of alkyl halides is 3. The highest BCUT2D eigenvalue weighted by atomic mass is 19.4. The topological polar surface area (TPSA) is 79.7 Å². The molecule has 1 heterocycles. The number of nitrogens with zero attached hydrogens (tertiary/aromatic N) is 2. The summed E-state index contributed by atoms with van der Waals surface area (Å²) >= 11 is 0. The minimum Gasteiger partial charge on any atom is -0.477 e. The molecule has 25 heavy (non-hydrogen) atoms. The molecule has 0 aliphatic carbocycles. The van der Waals surface area contributed by atoms with Gasteiger partial charge >= 0.3 is 12.3 Å². The van der Waals surface area contributed by atoms with Crippen molar-refractivity contribution in [3.8, 4) is 5.75 Å². The zero-order chi connectivity index (χ0) is 18.6. The van der Waals surface area contributed by atoms with Gasteiger partial charge in [-0.05, 0) is 29.8 Å². The lowest BCUT2D eigenvalue weighted by atomic mass is 10.2. The molecular weight excluding hydrogens is 341 g/mol. The van der Waals surface area contributed by atoms with Gasteiger partial charge in [-0.2, -0.15) is 0 Å². The van der Waals surface area contributed by atoms with E-state index >= 15 is 0 Å². The number of halogens is 3. The molecule has 0 aliphatic heterocycles. The maximum atomic E-state index is 12.2. The summed E-state index contributed by atoms with van der Waals surface area (Å²) in [6.45, 7) is 0.145. The molecule has 0 radical (unpaired) electrons. The van der Waals surface area contributed by atoms with Gasteiger partial charge in [0, 0.05) is 19.8 Å². The Morgan fingerprint density at radius 3 is 2.28 bits per heavy atom. The summed E-state index contributed by atoms with van der Waals surface area (Å²) in [7, 11) is 1.51. The number of hydrogen-bond donors (Lipinski definition) is 1. The second-order valence-corrected chi connectivity index (χ2v) is 5.09. The van der Waals surface area contributed by atoms with Crippen LogP contribution in [0.5, 0.6) is 5.75 Å². The number of carbonyl (C=O) groups excluding carboxylic acids is 1. The molecule has 0 aliphatic rings. The molecule has 0 bridgehead atoms. The van der Waals surface area contributed by atoms with Gasteiger partial charge in [-0.25, -0.2) is 9.78 Å². The average Bonchev–Trinajstić information content (AvgIpc) is 2.54. The smallest absolute Gasteiger partial charge is 0.477 e. The molecule has 0 saturated carbocycles. The van der Waals surface area contributed by atoms with Gasteiger partial charge in [0.2, 0.25) is 0 Å². The predicted molar refractivity (Wildman–Crippen MR) is 80.1 cm³/mol. The number of hydrogen-bond acceptors (Lipinski definition) is 4. The summed E-state index contributed by atoms with van der Waals surface area (Å²) in [5.74, 6) is -1.95. The van der Waals surface area contributed by atoms with Gasteiger partial charge in [0.15, 0.2) is 0 Å².